The summed E-state index contributed by atoms with van der Waals surface area (Å²) in [6.45, 7) is 0. The summed E-state index contributed by atoms with van der Waals surface area (Å²) in [5, 5.41) is 7.34. The van der Waals surface area contributed by atoms with Gasteiger partial charge in [-0.25, -0.2) is 28.8 Å². The van der Waals surface area contributed by atoms with Crippen LogP contribution in [0.5, 0.6) is 0 Å². The van der Waals surface area contributed by atoms with Crippen LogP contribution in [0, 0.1) is 0 Å². The van der Waals surface area contributed by atoms with E-state index < -0.39 is 36.2 Å². The predicted molar refractivity (Wildman–Crippen MR) is 56.4 cm³/mol. The van der Waals surface area contributed by atoms with Gasteiger partial charge in [0.25, 0.3) is 0 Å². The van der Waals surface area contributed by atoms with Gasteiger partial charge in [-0.2, -0.15) is 0 Å². The number of hydrogen-bond acceptors (Lipinski definition) is 6. The minimum Gasteiger partial charge on any atom is -1.00 e. The van der Waals surface area contributed by atoms with Crippen LogP contribution in [0.25, 0.3) is 0 Å². The van der Waals surface area contributed by atoms with E-state index in [4.69, 9.17) is 0 Å². The van der Waals surface area contributed by atoms with Crippen molar-refractivity contribution in [1.82, 2.24) is 26.6 Å². The largest absolute Gasteiger partial charge is 3.00 e. The van der Waals surface area contributed by atoms with Crippen molar-refractivity contribution in [3.8, 4) is 0 Å². The van der Waals surface area contributed by atoms with Crippen molar-refractivity contribution in [3.05, 3.63) is 0 Å². The number of rotatable bonds is 0. The molecule has 0 unspecified atom stereocenters. The van der Waals surface area contributed by atoms with Crippen molar-refractivity contribution in [2.24, 2.45) is 11.5 Å². The molecule has 0 aromatic rings. The van der Waals surface area contributed by atoms with Crippen LogP contribution in [-0.4, -0.2) is 36.2 Å². The molecule has 115 valence electrons. The second-order valence-corrected chi connectivity index (χ2v) is 2.67. The first-order chi connectivity index (χ1) is 8.70. The zero-order valence-electron chi connectivity index (χ0n) is 9.89. The van der Waals surface area contributed by atoms with Crippen molar-refractivity contribution in [3.63, 3.8) is 0 Å². The summed E-state index contributed by atoms with van der Waals surface area (Å²) < 4.78 is 0. The monoisotopic (exact) mass is 362 g/mol. The average molecular weight is 363 g/mol. The van der Waals surface area contributed by atoms with Gasteiger partial charge in [0.05, 0.1) is 0 Å². The fourth-order valence-corrected chi connectivity index (χ4v) is 0.658. The summed E-state index contributed by atoms with van der Waals surface area (Å²) in [6.07, 6.45) is 0. The molecule has 0 fully saturated rings. The second-order valence-electron chi connectivity index (χ2n) is 2.67. The number of primary amides is 2. The van der Waals surface area contributed by atoms with Crippen LogP contribution >= 0.6 is 0 Å². The first-order valence-electron chi connectivity index (χ1n) is 4.30. The van der Waals surface area contributed by atoms with Crippen molar-refractivity contribution in [2.75, 3.05) is 0 Å². The first kappa shape index (κ1) is 23.5. The molecule has 9 N–H and O–H groups in total. The van der Waals surface area contributed by atoms with Gasteiger partial charge in [-0.1, -0.05) is 0 Å². The molecule has 0 aromatic heterocycles. The Kier molecular flexibility index (Phi) is 12.6. The summed E-state index contributed by atoms with van der Waals surface area (Å²) in [5.74, 6) is 0. The molecule has 1 radical (unpaired) electrons. The summed E-state index contributed by atoms with van der Waals surface area (Å²) in [7, 11) is 0. The normalized spacial score (nSPS) is 7.81. The number of nitrogens with two attached hydrogens (primary N) is 2. The number of imide groups is 5. The zero-order valence-corrected chi connectivity index (χ0v) is 11.9. The fraction of sp³-hybridized carbons (Fsp3) is 0. The number of hydrogen-bond donors (Lipinski definition) is 7. The molecule has 12 amide bonds. The third-order valence-electron chi connectivity index (χ3n) is 1.15. The molecule has 0 saturated carbocycles. The third-order valence-corrected chi connectivity index (χ3v) is 1.15. The minimum absolute atomic E-state index is 0. The number of urea groups is 6. The molecule has 0 aliphatic rings. The van der Waals surface area contributed by atoms with Gasteiger partial charge in [0.15, 0.2) is 0 Å². The van der Waals surface area contributed by atoms with E-state index in [1.165, 1.54) is 26.6 Å². The van der Waals surface area contributed by atoms with Crippen molar-refractivity contribution >= 4 is 36.2 Å². The van der Waals surface area contributed by atoms with Gasteiger partial charge in [0.1, 0.15) is 0 Å². The van der Waals surface area contributed by atoms with Crippen LogP contribution in [0.2, 0.25) is 0 Å². The van der Waals surface area contributed by atoms with E-state index in [0.717, 1.165) is 0 Å². The Balaban J connectivity index is -0.00000162. The van der Waals surface area contributed by atoms with Crippen LogP contribution in [0.4, 0.5) is 28.8 Å². The van der Waals surface area contributed by atoms with E-state index >= 15 is 0 Å². The molecule has 13 nitrogen and oxygen atoms in total. The first-order valence-corrected chi connectivity index (χ1v) is 4.30. The van der Waals surface area contributed by atoms with Gasteiger partial charge < -0.3 is 23.9 Å². The van der Waals surface area contributed by atoms with E-state index in [-0.39, 0.29) is 29.8 Å². The molecule has 0 spiro atoms. The molecule has 0 aromatic carbocycles. The average Bonchev–Trinajstić information content (AvgIpc) is 2.12. The standard InChI is InChI=1S/C6H9N7O6.ClH.Cr/c7-1(14)9-3(16)11-5(18)13-6(19)12-4(17)10-2(8)15;;/h(H9,7,8,9,10,11,12,13,14,15,16,17,18,19);1H;/q;;+3/p-1. The predicted octanol–water partition coefficient (Wildman–Crippen LogP) is -5.43. The van der Waals surface area contributed by atoms with Gasteiger partial charge in [0.2, 0.25) is 0 Å². The Morgan fingerprint density at radius 2 is 0.714 bits per heavy atom. The Hall–Kier alpha value is -2.56. The molecule has 0 bridgehead atoms. The molecule has 0 heterocycles. The van der Waals surface area contributed by atoms with Gasteiger partial charge in [0, 0.05) is 0 Å². The van der Waals surface area contributed by atoms with E-state index in [0.29, 0.717) is 0 Å². The van der Waals surface area contributed by atoms with Crippen LogP contribution in [-0.2, 0) is 17.4 Å². The van der Waals surface area contributed by atoms with Gasteiger partial charge in [-0.15, -0.1) is 0 Å². The third kappa shape index (κ3) is 13.7. The number of carbonyl (C=O) groups excluding carboxylic acids is 6. The quantitative estimate of drug-likeness (QED) is 0.223. The summed E-state index contributed by atoms with van der Waals surface area (Å²) in [4.78, 5) is 63.8. The SMILES string of the molecule is NC(=O)NC(=O)NC(=O)NC(=O)NC(=O)NC(N)=O.[Cl-].[Cr+3]. The minimum atomic E-state index is -1.36. The van der Waals surface area contributed by atoms with Gasteiger partial charge >= 0.3 is 53.5 Å². The molecule has 0 rings (SSSR count). The maximum Gasteiger partial charge on any atom is 3.00 e. The Labute approximate surface area is 133 Å². The van der Waals surface area contributed by atoms with E-state index in [2.05, 4.69) is 11.5 Å². The summed E-state index contributed by atoms with van der Waals surface area (Å²) in [6, 6.07) is -7.75. The number of halogens is 1. The van der Waals surface area contributed by atoms with Crippen LogP contribution < -0.4 is 50.5 Å². The van der Waals surface area contributed by atoms with E-state index in [9.17, 15) is 28.8 Å². The molecule has 0 atom stereocenters. The number of carbonyl (C=O) groups is 6. The molecular formula is C6H9ClCrN7O6+2. The summed E-state index contributed by atoms with van der Waals surface area (Å²) >= 11 is 0. The zero-order chi connectivity index (χ0) is 15.0. The van der Waals surface area contributed by atoms with E-state index in [1.807, 2.05) is 0 Å². The van der Waals surface area contributed by atoms with Crippen LogP contribution in [0.15, 0.2) is 0 Å². The number of nitrogens with one attached hydrogen (secondary N) is 5. The molecule has 21 heavy (non-hydrogen) atoms. The Morgan fingerprint density at radius 1 is 0.524 bits per heavy atom. The second kappa shape index (κ2) is 11.3. The van der Waals surface area contributed by atoms with Crippen molar-refractivity contribution in [1.29, 1.82) is 0 Å². The molecule has 0 aliphatic heterocycles. The Bertz CT molecular complexity index is 417. The van der Waals surface area contributed by atoms with Gasteiger partial charge in [-0.05, 0) is 0 Å². The van der Waals surface area contributed by atoms with Crippen molar-refractivity contribution < 1.29 is 58.5 Å². The van der Waals surface area contributed by atoms with E-state index in [1.54, 1.807) is 0 Å². The van der Waals surface area contributed by atoms with Crippen molar-refractivity contribution in [2.45, 2.75) is 0 Å². The maximum atomic E-state index is 10.9. The molecule has 0 saturated heterocycles. The molecule has 15 heteroatoms. The smallest absolute Gasteiger partial charge is 1.00 e. The molecular weight excluding hydrogens is 354 g/mol. The fourth-order valence-electron chi connectivity index (χ4n) is 0.658. The van der Waals surface area contributed by atoms with Crippen LogP contribution in [0.3, 0.4) is 0 Å². The maximum absolute atomic E-state index is 10.9. The van der Waals surface area contributed by atoms with Gasteiger partial charge in [-0.3, -0.25) is 26.6 Å². The number of amides is 12. The molecule has 0 aliphatic carbocycles. The van der Waals surface area contributed by atoms with Crippen LogP contribution in [0.1, 0.15) is 0 Å². The topological polar surface area (TPSA) is 215 Å². The summed E-state index contributed by atoms with van der Waals surface area (Å²) in [5.41, 5.74) is 9.13. The Morgan fingerprint density at radius 3 is 0.905 bits per heavy atom.